The molecule has 10 heteroatoms. The van der Waals surface area contributed by atoms with E-state index in [9.17, 15) is 9.90 Å². The van der Waals surface area contributed by atoms with Crippen LogP contribution in [0, 0.1) is 0 Å². The summed E-state index contributed by atoms with van der Waals surface area (Å²) >= 11 is 11.9. The van der Waals surface area contributed by atoms with Crippen LogP contribution in [0.15, 0.2) is 36.5 Å². The zero-order valence-electron chi connectivity index (χ0n) is 15.3. The van der Waals surface area contributed by atoms with Gasteiger partial charge in [-0.1, -0.05) is 12.1 Å². The SMILES string of the molecule is O=C(O)N(CCl)c1cccc(-c2cnc3c(N4CCOCC4)nc(Cl)nc3c2)c1. The van der Waals surface area contributed by atoms with Crippen molar-refractivity contribution in [3.63, 3.8) is 0 Å². The molecule has 3 aromatic rings. The Kier molecular flexibility index (Phi) is 5.66. The third-order valence-corrected chi connectivity index (χ3v) is 5.05. The summed E-state index contributed by atoms with van der Waals surface area (Å²) in [6, 6.07) is 8.76. The van der Waals surface area contributed by atoms with Crippen molar-refractivity contribution in [1.29, 1.82) is 0 Å². The number of benzene rings is 1. The number of carbonyl (C=O) groups is 1. The number of carboxylic acid groups (broad SMARTS) is 1. The number of rotatable bonds is 4. The summed E-state index contributed by atoms with van der Waals surface area (Å²) in [6.45, 7) is 2.65. The van der Waals surface area contributed by atoms with Crippen LogP contribution in [0.5, 0.6) is 0 Å². The number of anilines is 2. The number of alkyl halides is 1. The lowest BCUT2D eigenvalue weighted by atomic mass is 10.1. The average Bonchev–Trinajstić information content (AvgIpc) is 2.74. The standard InChI is InChI=1S/C19H17Cl2N5O3/c20-11-26(19(27)28)14-3-1-2-12(8-14)13-9-15-16(22-10-13)17(24-18(21)23-15)25-4-6-29-7-5-25/h1-3,8-10H,4-7,11H2,(H,27,28). The van der Waals surface area contributed by atoms with E-state index in [-0.39, 0.29) is 11.3 Å². The van der Waals surface area contributed by atoms with E-state index >= 15 is 0 Å². The predicted molar refractivity (Wildman–Crippen MR) is 112 cm³/mol. The maximum absolute atomic E-state index is 11.4. The molecule has 1 saturated heterocycles. The van der Waals surface area contributed by atoms with Gasteiger partial charge in [-0.2, -0.15) is 4.98 Å². The molecule has 1 fully saturated rings. The zero-order valence-corrected chi connectivity index (χ0v) is 16.8. The lowest BCUT2D eigenvalue weighted by Gasteiger charge is -2.28. The highest BCUT2D eigenvalue weighted by molar-refractivity contribution is 6.28. The molecule has 0 radical (unpaired) electrons. The number of morpholine rings is 1. The second-order valence-corrected chi connectivity index (χ2v) is 6.96. The minimum atomic E-state index is -1.12. The van der Waals surface area contributed by atoms with Crippen molar-refractivity contribution in [2.24, 2.45) is 0 Å². The summed E-state index contributed by atoms with van der Waals surface area (Å²) < 4.78 is 5.40. The molecular weight excluding hydrogens is 417 g/mol. The molecular formula is C19H17Cl2N5O3. The first-order valence-electron chi connectivity index (χ1n) is 8.89. The Morgan fingerprint density at radius 2 is 2.00 bits per heavy atom. The van der Waals surface area contributed by atoms with Crippen LogP contribution in [0.2, 0.25) is 5.28 Å². The number of hydrogen-bond acceptors (Lipinski definition) is 6. The van der Waals surface area contributed by atoms with E-state index in [4.69, 9.17) is 27.9 Å². The molecule has 1 amide bonds. The Labute approximate surface area is 176 Å². The quantitative estimate of drug-likeness (QED) is 0.379. The Morgan fingerprint density at radius 3 is 2.72 bits per heavy atom. The van der Waals surface area contributed by atoms with Gasteiger partial charge in [0.05, 0.1) is 18.7 Å². The smallest absolute Gasteiger partial charge is 0.412 e. The maximum Gasteiger partial charge on any atom is 0.412 e. The monoisotopic (exact) mass is 433 g/mol. The van der Waals surface area contributed by atoms with E-state index in [1.54, 1.807) is 24.4 Å². The number of halogens is 2. The fourth-order valence-corrected chi connectivity index (χ4v) is 3.62. The molecule has 4 rings (SSSR count). The summed E-state index contributed by atoms with van der Waals surface area (Å²) in [5.74, 6) is 0.683. The number of pyridine rings is 1. The van der Waals surface area contributed by atoms with Crippen molar-refractivity contribution in [2.75, 3.05) is 42.1 Å². The molecule has 8 nitrogen and oxygen atoms in total. The van der Waals surface area contributed by atoms with Crippen molar-refractivity contribution < 1.29 is 14.6 Å². The minimum absolute atomic E-state index is 0.144. The first-order chi connectivity index (χ1) is 14.1. The molecule has 2 aromatic heterocycles. The van der Waals surface area contributed by atoms with Gasteiger partial charge in [0.15, 0.2) is 5.82 Å². The molecule has 0 unspecified atom stereocenters. The summed E-state index contributed by atoms with van der Waals surface area (Å²) in [5.41, 5.74) is 3.31. The van der Waals surface area contributed by atoms with Crippen LogP contribution < -0.4 is 9.80 Å². The van der Waals surface area contributed by atoms with E-state index < -0.39 is 6.09 Å². The van der Waals surface area contributed by atoms with Crippen molar-refractivity contribution in [3.8, 4) is 11.1 Å². The van der Waals surface area contributed by atoms with Crippen molar-refractivity contribution in [1.82, 2.24) is 15.0 Å². The number of hydrogen-bond donors (Lipinski definition) is 1. The van der Waals surface area contributed by atoms with Crippen LogP contribution in [-0.2, 0) is 4.74 Å². The van der Waals surface area contributed by atoms with Gasteiger partial charge >= 0.3 is 6.09 Å². The Bertz CT molecular complexity index is 1060. The summed E-state index contributed by atoms with van der Waals surface area (Å²) in [4.78, 5) is 27.8. The normalized spacial score (nSPS) is 14.2. The number of nitrogens with zero attached hydrogens (tertiary/aromatic N) is 5. The Balaban J connectivity index is 1.76. The third-order valence-electron chi connectivity index (χ3n) is 4.64. The molecule has 1 N–H and O–H groups in total. The molecule has 3 heterocycles. The fraction of sp³-hybridized carbons (Fsp3) is 0.263. The summed E-state index contributed by atoms with van der Waals surface area (Å²) in [7, 11) is 0. The lowest BCUT2D eigenvalue weighted by Crippen LogP contribution is -2.37. The highest BCUT2D eigenvalue weighted by Crippen LogP contribution is 2.30. The van der Waals surface area contributed by atoms with Gasteiger partial charge in [0.1, 0.15) is 11.5 Å². The number of amides is 1. The third kappa shape index (κ3) is 4.05. The molecule has 0 aliphatic carbocycles. The van der Waals surface area contributed by atoms with E-state index in [2.05, 4.69) is 19.9 Å². The first-order valence-corrected chi connectivity index (χ1v) is 9.81. The molecule has 1 aliphatic heterocycles. The van der Waals surface area contributed by atoms with E-state index in [1.165, 1.54) is 0 Å². The summed E-state index contributed by atoms with van der Waals surface area (Å²) in [5, 5.41) is 9.44. The van der Waals surface area contributed by atoms with Gasteiger partial charge in [-0.25, -0.2) is 9.78 Å². The first kappa shape index (κ1) is 19.6. The molecule has 0 spiro atoms. The van der Waals surface area contributed by atoms with Gasteiger partial charge in [-0.15, -0.1) is 11.6 Å². The lowest BCUT2D eigenvalue weighted by molar-refractivity contribution is 0.122. The average molecular weight is 434 g/mol. The Hall–Kier alpha value is -2.68. The van der Waals surface area contributed by atoms with Gasteiger partial charge in [-0.05, 0) is 35.4 Å². The number of aromatic nitrogens is 3. The second-order valence-electron chi connectivity index (χ2n) is 6.39. The van der Waals surface area contributed by atoms with Crippen molar-refractivity contribution in [3.05, 3.63) is 41.8 Å². The van der Waals surface area contributed by atoms with Crippen LogP contribution in [0.3, 0.4) is 0 Å². The molecule has 1 aromatic carbocycles. The van der Waals surface area contributed by atoms with Gasteiger partial charge in [0.2, 0.25) is 5.28 Å². The van der Waals surface area contributed by atoms with E-state index in [0.29, 0.717) is 48.8 Å². The Morgan fingerprint density at radius 1 is 1.21 bits per heavy atom. The molecule has 150 valence electrons. The van der Waals surface area contributed by atoms with Crippen LogP contribution in [0.25, 0.3) is 22.2 Å². The fourth-order valence-electron chi connectivity index (χ4n) is 3.21. The van der Waals surface area contributed by atoms with Gasteiger partial charge in [0, 0.05) is 30.5 Å². The number of fused-ring (bicyclic) bond motifs is 1. The highest BCUT2D eigenvalue weighted by Gasteiger charge is 2.19. The zero-order chi connectivity index (χ0) is 20.4. The van der Waals surface area contributed by atoms with Crippen molar-refractivity contribution >= 4 is 51.8 Å². The van der Waals surface area contributed by atoms with Gasteiger partial charge in [-0.3, -0.25) is 9.88 Å². The molecule has 0 bridgehead atoms. The molecule has 0 saturated carbocycles. The van der Waals surface area contributed by atoms with Crippen molar-refractivity contribution in [2.45, 2.75) is 0 Å². The van der Waals surface area contributed by atoms with Crippen LogP contribution in [-0.4, -0.2) is 58.5 Å². The van der Waals surface area contributed by atoms with Gasteiger partial charge < -0.3 is 14.7 Å². The second kappa shape index (κ2) is 8.36. The van der Waals surface area contributed by atoms with Gasteiger partial charge in [0.25, 0.3) is 0 Å². The predicted octanol–water partition coefficient (Wildman–Crippen LogP) is 3.86. The summed E-state index contributed by atoms with van der Waals surface area (Å²) in [6.07, 6.45) is 0.595. The largest absolute Gasteiger partial charge is 0.465 e. The highest BCUT2D eigenvalue weighted by atomic mass is 35.5. The molecule has 29 heavy (non-hydrogen) atoms. The van der Waals surface area contributed by atoms with E-state index in [0.717, 1.165) is 16.0 Å². The van der Waals surface area contributed by atoms with Crippen LogP contribution in [0.1, 0.15) is 0 Å². The molecule has 0 atom stereocenters. The molecule has 1 aliphatic rings. The van der Waals surface area contributed by atoms with E-state index in [1.807, 2.05) is 12.1 Å². The minimum Gasteiger partial charge on any atom is -0.465 e. The number of ether oxygens (including phenoxy) is 1. The van der Waals surface area contributed by atoms with Crippen LogP contribution >= 0.6 is 23.2 Å². The maximum atomic E-state index is 11.4. The van der Waals surface area contributed by atoms with Crippen LogP contribution in [0.4, 0.5) is 16.3 Å². The topological polar surface area (TPSA) is 91.7 Å².